The third-order valence-corrected chi connectivity index (χ3v) is 7.28. The summed E-state index contributed by atoms with van der Waals surface area (Å²) in [6, 6.07) is 9.82. The molecule has 5 heterocycles. The summed E-state index contributed by atoms with van der Waals surface area (Å²) in [5.74, 6) is 0.593. The number of fused-ring (bicyclic) bond motifs is 2. The van der Waals surface area contributed by atoms with Gasteiger partial charge >= 0.3 is 0 Å². The molecule has 6 rings (SSSR count). The minimum atomic E-state index is -0.472. The number of benzene rings is 1. The van der Waals surface area contributed by atoms with E-state index in [0.717, 1.165) is 73.6 Å². The van der Waals surface area contributed by atoms with E-state index in [4.69, 9.17) is 9.84 Å². The molecule has 1 atom stereocenters. The standard InChI is InChI=1S/C26H28FN5O2/c1-17(33)30-11-8-24-22(15-30)26(29-32(24)21-9-12-34-16-21)31-10-2-3-19-13-18(4-6-23(19)31)20-5-7-25(27)28-14-20/h4-7,13-14,21H,2-3,8-12,15-16H2,1H3. The van der Waals surface area contributed by atoms with Crippen molar-refractivity contribution in [2.24, 2.45) is 0 Å². The van der Waals surface area contributed by atoms with Crippen LogP contribution < -0.4 is 4.90 Å². The van der Waals surface area contributed by atoms with E-state index in [1.807, 2.05) is 4.90 Å². The van der Waals surface area contributed by atoms with E-state index < -0.39 is 5.95 Å². The lowest BCUT2D eigenvalue weighted by atomic mass is 9.96. The van der Waals surface area contributed by atoms with Crippen LogP contribution in [0.15, 0.2) is 36.5 Å². The van der Waals surface area contributed by atoms with Gasteiger partial charge < -0.3 is 14.5 Å². The number of halogens is 1. The van der Waals surface area contributed by atoms with Gasteiger partial charge in [0.15, 0.2) is 5.82 Å². The fraction of sp³-hybridized carbons (Fsp3) is 0.423. The van der Waals surface area contributed by atoms with Gasteiger partial charge in [0.05, 0.1) is 19.2 Å². The van der Waals surface area contributed by atoms with Gasteiger partial charge in [-0.15, -0.1) is 0 Å². The SMILES string of the molecule is CC(=O)N1CCc2c(c(N3CCCc4cc(-c5ccc(F)nc5)ccc43)nn2C2CCOC2)C1. The van der Waals surface area contributed by atoms with Gasteiger partial charge in [-0.2, -0.15) is 9.49 Å². The number of hydrogen-bond acceptors (Lipinski definition) is 5. The Hall–Kier alpha value is -3.26. The van der Waals surface area contributed by atoms with E-state index in [9.17, 15) is 9.18 Å². The van der Waals surface area contributed by atoms with Crippen LogP contribution in [-0.4, -0.2) is 51.9 Å². The Bertz CT molecular complexity index is 1230. The topological polar surface area (TPSA) is 63.5 Å². The Morgan fingerprint density at radius 3 is 2.79 bits per heavy atom. The van der Waals surface area contributed by atoms with Crippen molar-refractivity contribution in [3.05, 3.63) is 59.3 Å². The van der Waals surface area contributed by atoms with Crippen molar-refractivity contribution in [2.75, 3.05) is 31.2 Å². The van der Waals surface area contributed by atoms with Gasteiger partial charge in [-0.05, 0) is 54.7 Å². The normalized spacial score (nSPS) is 19.8. The summed E-state index contributed by atoms with van der Waals surface area (Å²) >= 11 is 0. The second-order valence-corrected chi connectivity index (χ2v) is 9.37. The number of aromatic nitrogens is 3. The zero-order valence-corrected chi connectivity index (χ0v) is 19.3. The molecular formula is C26H28FN5O2. The first kappa shape index (κ1) is 21.3. The first-order valence-electron chi connectivity index (χ1n) is 12.0. The maximum absolute atomic E-state index is 13.3. The Balaban J connectivity index is 1.41. The van der Waals surface area contributed by atoms with Crippen LogP contribution in [0.4, 0.5) is 15.9 Å². The van der Waals surface area contributed by atoms with Crippen molar-refractivity contribution in [3.8, 4) is 11.1 Å². The van der Waals surface area contributed by atoms with E-state index >= 15 is 0 Å². The highest BCUT2D eigenvalue weighted by Crippen LogP contribution is 2.40. The number of anilines is 2. The molecule has 0 radical (unpaired) electrons. The van der Waals surface area contributed by atoms with Crippen molar-refractivity contribution in [3.63, 3.8) is 0 Å². The molecule has 1 aromatic carbocycles. The van der Waals surface area contributed by atoms with Crippen LogP contribution >= 0.6 is 0 Å². The summed E-state index contributed by atoms with van der Waals surface area (Å²) in [7, 11) is 0. The molecule has 7 nitrogen and oxygen atoms in total. The molecule has 176 valence electrons. The number of pyridine rings is 1. The smallest absolute Gasteiger partial charge is 0.219 e. The lowest BCUT2D eigenvalue weighted by Crippen LogP contribution is -2.35. The van der Waals surface area contributed by atoms with Crippen molar-refractivity contribution in [1.82, 2.24) is 19.7 Å². The Morgan fingerprint density at radius 1 is 1.15 bits per heavy atom. The van der Waals surface area contributed by atoms with Crippen LogP contribution in [0.2, 0.25) is 0 Å². The monoisotopic (exact) mass is 461 g/mol. The number of ether oxygens (including phenoxy) is 1. The molecule has 0 aliphatic carbocycles. The largest absolute Gasteiger partial charge is 0.379 e. The summed E-state index contributed by atoms with van der Waals surface area (Å²) in [5.41, 5.74) is 6.74. The first-order chi connectivity index (χ1) is 16.6. The lowest BCUT2D eigenvalue weighted by Gasteiger charge is -2.32. The Kier molecular flexibility index (Phi) is 5.32. The van der Waals surface area contributed by atoms with E-state index in [1.165, 1.54) is 17.3 Å². The van der Waals surface area contributed by atoms with Crippen molar-refractivity contribution >= 4 is 17.4 Å². The molecule has 3 aliphatic heterocycles. The predicted molar refractivity (Wildman–Crippen MR) is 126 cm³/mol. The maximum Gasteiger partial charge on any atom is 0.219 e. The summed E-state index contributed by atoms with van der Waals surface area (Å²) in [6.07, 6.45) is 5.36. The van der Waals surface area contributed by atoms with Crippen molar-refractivity contribution in [1.29, 1.82) is 0 Å². The molecule has 1 amide bonds. The molecule has 2 aromatic heterocycles. The fourth-order valence-corrected chi connectivity index (χ4v) is 5.47. The summed E-state index contributed by atoms with van der Waals surface area (Å²) in [4.78, 5) is 20.2. The molecule has 1 unspecified atom stereocenters. The molecule has 0 saturated carbocycles. The fourth-order valence-electron chi connectivity index (χ4n) is 5.47. The van der Waals surface area contributed by atoms with Gasteiger partial charge in [0, 0.05) is 61.7 Å². The summed E-state index contributed by atoms with van der Waals surface area (Å²) in [6.45, 7) is 5.31. The third kappa shape index (κ3) is 3.66. The molecule has 3 aliphatic rings. The highest BCUT2D eigenvalue weighted by Gasteiger charge is 2.33. The van der Waals surface area contributed by atoms with Gasteiger partial charge in [-0.25, -0.2) is 4.98 Å². The van der Waals surface area contributed by atoms with E-state index in [2.05, 4.69) is 32.8 Å². The van der Waals surface area contributed by atoms with E-state index in [0.29, 0.717) is 13.2 Å². The van der Waals surface area contributed by atoms with Gasteiger partial charge in [0.2, 0.25) is 11.9 Å². The molecule has 0 spiro atoms. The van der Waals surface area contributed by atoms with Crippen LogP contribution in [0.25, 0.3) is 11.1 Å². The van der Waals surface area contributed by atoms with Gasteiger partial charge in [-0.3, -0.25) is 9.48 Å². The summed E-state index contributed by atoms with van der Waals surface area (Å²) < 4.78 is 21.1. The molecule has 3 aromatic rings. The van der Waals surface area contributed by atoms with Crippen LogP contribution in [0, 0.1) is 5.95 Å². The maximum atomic E-state index is 13.3. The Labute approximate surface area is 198 Å². The first-order valence-corrected chi connectivity index (χ1v) is 12.0. The van der Waals surface area contributed by atoms with Crippen LogP contribution in [0.1, 0.15) is 42.6 Å². The van der Waals surface area contributed by atoms with Gasteiger partial charge in [-0.1, -0.05) is 6.07 Å². The molecule has 8 heteroatoms. The highest BCUT2D eigenvalue weighted by molar-refractivity contribution is 5.76. The molecule has 34 heavy (non-hydrogen) atoms. The average molecular weight is 462 g/mol. The van der Waals surface area contributed by atoms with Crippen LogP contribution in [0.5, 0.6) is 0 Å². The quantitative estimate of drug-likeness (QED) is 0.551. The van der Waals surface area contributed by atoms with Crippen LogP contribution in [-0.2, 0) is 28.9 Å². The molecular weight excluding hydrogens is 433 g/mol. The second kappa shape index (κ2) is 8.51. The minimum absolute atomic E-state index is 0.102. The van der Waals surface area contributed by atoms with E-state index in [-0.39, 0.29) is 11.9 Å². The zero-order valence-electron chi connectivity index (χ0n) is 19.3. The van der Waals surface area contributed by atoms with E-state index in [1.54, 1.807) is 19.2 Å². The molecule has 1 fully saturated rings. The van der Waals surface area contributed by atoms with Crippen LogP contribution in [0.3, 0.4) is 0 Å². The van der Waals surface area contributed by atoms with Gasteiger partial charge in [0.1, 0.15) is 0 Å². The molecule has 0 N–H and O–H groups in total. The minimum Gasteiger partial charge on any atom is -0.379 e. The number of carbonyl (C=O) groups excluding carboxylic acids is 1. The predicted octanol–water partition coefficient (Wildman–Crippen LogP) is 4.03. The number of amides is 1. The third-order valence-electron chi connectivity index (χ3n) is 7.28. The molecule has 1 saturated heterocycles. The number of rotatable bonds is 3. The van der Waals surface area contributed by atoms with Crippen molar-refractivity contribution < 1.29 is 13.9 Å². The number of hydrogen-bond donors (Lipinski definition) is 0. The number of carbonyl (C=O) groups is 1. The van der Waals surface area contributed by atoms with Gasteiger partial charge in [0.25, 0.3) is 0 Å². The average Bonchev–Trinajstić information content (AvgIpc) is 3.51. The number of aryl methyl sites for hydroxylation is 1. The Morgan fingerprint density at radius 2 is 2.03 bits per heavy atom. The van der Waals surface area contributed by atoms with Crippen molar-refractivity contribution in [2.45, 2.75) is 45.2 Å². The second-order valence-electron chi connectivity index (χ2n) is 9.37. The lowest BCUT2D eigenvalue weighted by molar-refractivity contribution is -0.129. The summed E-state index contributed by atoms with van der Waals surface area (Å²) in [5, 5.41) is 5.15. The highest BCUT2D eigenvalue weighted by atomic mass is 19.1. The zero-order chi connectivity index (χ0) is 23.2. The number of nitrogens with zero attached hydrogens (tertiary/aromatic N) is 5. The molecule has 0 bridgehead atoms.